The van der Waals surface area contributed by atoms with Crippen molar-refractivity contribution in [3.05, 3.63) is 96.7 Å². The fourth-order valence-electron chi connectivity index (χ4n) is 4.85. The van der Waals surface area contributed by atoms with Crippen LogP contribution in [0, 0.1) is 0 Å². The summed E-state index contributed by atoms with van der Waals surface area (Å²) in [5.41, 5.74) is 6.31. The van der Waals surface area contributed by atoms with Crippen LogP contribution in [-0.2, 0) is 13.1 Å². The van der Waals surface area contributed by atoms with Crippen LogP contribution in [0.1, 0.15) is 37.1 Å². The summed E-state index contributed by atoms with van der Waals surface area (Å²) in [5, 5.41) is 1.35. The van der Waals surface area contributed by atoms with Crippen LogP contribution in [0.5, 0.6) is 0 Å². The maximum atomic E-state index is 12.7. The van der Waals surface area contributed by atoms with Crippen LogP contribution in [0.4, 0.5) is 0 Å². The summed E-state index contributed by atoms with van der Waals surface area (Å²) in [4.78, 5) is 32.9. The van der Waals surface area contributed by atoms with E-state index in [-0.39, 0.29) is 32.0 Å². The zero-order chi connectivity index (χ0) is 21.4. The molecule has 4 aromatic rings. The van der Waals surface area contributed by atoms with Gasteiger partial charge in [-0.1, -0.05) is 0 Å². The van der Waals surface area contributed by atoms with E-state index in [1.54, 1.807) is 22.6 Å². The van der Waals surface area contributed by atoms with Gasteiger partial charge in [-0.15, -0.1) is 0 Å². The molecular weight excluding hydrogens is 579 g/mol. The molecule has 0 fully saturated rings. The molecule has 3 aliphatic rings. The molecule has 7 rings (SSSR count). The normalized spacial score (nSPS) is 17.4. The van der Waals surface area contributed by atoms with Gasteiger partial charge in [0.15, 0.2) is 0 Å². The van der Waals surface area contributed by atoms with Crippen molar-refractivity contribution in [2.75, 3.05) is 0 Å². The van der Waals surface area contributed by atoms with Crippen molar-refractivity contribution < 1.29 is 9.59 Å². The summed E-state index contributed by atoms with van der Waals surface area (Å²) in [6.45, 7) is 1.88. The van der Waals surface area contributed by atoms with Gasteiger partial charge in [-0.3, -0.25) is 0 Å². The van der Waals surface area contributed by atoms with E-state index in [1.807, 2.05) is 12.1 Å². The molecule has 2 aliphatic carbocycles. The number of fused-ring (bicyclic) bond motifs is 5. The Morgan fingerprint density at radius 3 is 2.66 bits per heavy atom. The quantitative estimate of drug-likeness (QED) is 0.200. The average molecular weight is 595 g/mol. The Labute approximate surface area is 199 Å². The molecular formula is C26H16N2O2SeTe. The zero-order valence-electron chi connectivity index (χ0n) is 16.9. The molecule has 4 nitrogen and oxygen atoms in total. The molecule has 0 bridgehead atoms. The number of carbonyl (C=O) groups is 2. The minimum absolute atomic E-state index is 0.155. The Balaban J connectivity index is 1.12. The van der Waals surface area contributed by atoms with E-state index in [9.17, 15) is 9.59 Å². The van der Waals surface area contributed by atoms with Crippen LogP contribution in [0.15, 0.2) is 75.6 Å². The third-order valence-corrected chi connectivity index (χ3v) is 11.2. The van der Waals surface area contributed by atoms with Gasteiger partial charge in [0.2, 0.25) is 0 Å². The fraction of sp³-hybridized carbons (Fsp3) is 0.115. The molecule has 6 heteroatoms. The first-order valence-corrected chi connectivity index (χ1v) is 14.7. The molecule has 0 amide bonds. The molecule has 0 saturated heterocycles. The second-order valence-corrected chi connectivity index (χ2v) is 13.3. The Bertz CT molecular complexity index is 1560. The Morgan fingerprint density at radius 1 is 1.03 bits per heavy atom. The molecule has 3 aromatic heterocycles. The van der Waals surface area contributed by atoms with Crippen molar-refractivity contribution in [2.24, 2.45) is 0 Å². The Hall–Kier alpha value is -2.48. The number of hydrogen-bond donors (Lipinski definition) is 0. The SMILES string of the molecule is O=C1C(=CC2=CC=C(N3Cc4[se]c5cc6cc[te]c6nc5c4C3)C2)C(=O)c2ccccc21. The second kappa shape index (κ2) is 7.01. The summed E-state index contributed by atoms with van der Waals surface area (Å²) in [6.07, 6.45) is 6.75. The number of pyridine rings is 1. The molecule has 0 spiro atoms. The van der Waals surface area contributed by atoms with Gasteiger partial charge in [-0.05, 0) is 0 Å². The number of benzene rings is 1. The molecule has 0 atom stereocenters. The number of Topliss-reactive ketones (excluding diaryl/α,β-unsaturated/α-hetero) is 2. The van der Waals surface area contributed by atoms with E-state index in [1.165, 1.54) is 30.0 Å². The predicted molar refractivity (Wildman–Crippen MR) is 126 cm³/mol. The van der Waals surface area contributed by atoms with Crippen LogP contribution in [0.3, 0.4) is 0 Å². The molecule has 0 unspecified atom stereocenters. The third kappa shape index (κ3) is 2.77. The first kappa shape index (κ1) is 19.0. The van der Waals surface area contributed by atoms with Gasteiger partial charge in [-0.25, -0.2) is 0 Å². The molecule has 0 N–H and O–H groups in total. The molecule has 1 aromatic carbocycles. The van der Waals surface area contributed by atoms with E-state index < -0.39 is 0 Å². The van der Waals surface area contributed by atoms with Crippen molar-refractivity contribution in [3.63, 3.8) is 0 Å². The van der Waals surface area contributed by atoms with Crippen LogP contribution in [-0.4, -0.2) is 56.4 Å². The molecule has 154 valence electrons. The van der Waals surface area contributed by atoms with Gasteiger partial charge in [0, 0.05) is 0 Å². The number of allylic oxidation sites excluding steroid dienone is 5. The Morgan fingerprint density at radius 2 is 1.84 bits per heavy atom. The maximum absolute atomic E-state index is 12.7. The van der Waals surface area contributed by atoms with Crippen LogP contribution < -0.4 is 0 Å². The average Bonchev–Trinajstić information content (AvgIpc) is 3.60. The van der Waals surface area contributed by atoms with E-state index in [0.29, 0.717) is 31.2 Å². The first-order chi connectivity index (χ1) is 15.7. The topological polar surface area (TPSA) is 50.3 Å². The summed E-state index contributed by atoms with van der Waals surface area (Å²) in [7, 11) is 0. The van der Waals surface area contributed by atoms with Crippen LogP contribution >= 0.6 is 0 Å². The zero-order valence-corrected chi connectivity index (χ0v) is 21.0. The molecule has 0 saturated carbocycles. The number of rotatable bonds is 2. The number of hydrogen-bond acceptors (Lipinski definition) is 4. The standard InChI is InChI=1S/C26H16N2O2SeTe/c29-24-17-3-1-2-4-18(17)25(30)19(24)10-14-5-6-16(9-14)28-12-20-22(13-28)31-21-11-15-7-8-32-26(15)27-23(20)21/h1-8,10-11H,9,12-13H2. The summed E-state index contributed by atoms with van der Waals surface area (Å²) in [5.74, 6) is -0.310. The number of aromatic nitrogens is 1. The van der Waals surface area contributed by atoms with Gasteiger partial charge in [0.05, 0.1) is 0 Å². The van der Waals surface area contributed by atoms with E-state index >= 15 is 0 Å². The number of carbonyl (C=O) groups excluding carboxylic acids is 2. The summed E-state index contributed by atoms with van der Waals surface area (Å²) >= 11 is 0.117. The van der Waals surface area contributed by atoms with Crippen LogP contribution in [0.2, 0.25) is 0 Å². The monoisotopic (exact) mass is 598 g/mol. The van der Waals surface area contributed by atoms with Crippen molar-refractivity contribution >= 4 is 65.2 Å². The van der Waals surface area contributed by atoms with Crippen LogP contribution in [0.25, 0.3) is 18.7 Å². The van der Waals surface area contributed by atoms with Crippen molar-refractivity contribution in [2.45, 2.75) is 19.5 Å². The summed E-state index contributed by atoms with van der Waals surface area (Å²) in [6, 6.07) is 11.7. The van der Waals surface area contributed by atoms with Gasteiger partial charge in [0.25, 0.3) is 0 Å². The van der Waals surface area contributed by atoms with E-state index in [0.717, 1.165) is 25.1 Å². The molecule has 1 aliphatic heterocycles. The van der Waals surface area contributed by atoms with Crippen molar-refractivity contribution in [3.8, 4) is 0 Å². The fourth-order valence-corrected chi connectivity index (χ4v) is 9.55. The van der Waals surface area contributed by atoms with Gasteiger partial charge >= 0.3 is 201 Å². The van der Waals surface area contributed by atoms with Crippen molar-refractivity contribution in [1.29, 1.82) is 0 Å². The summed E-state index contributed by atoms with van der Waals surface area (Å²) < 4.78 is 6.66. The number of nitrogens with zero attached hydrogens (tertiary/aromatic N) is 2. The molecule has 0 radical (unpaired) electrons. The Kier molecular flexibility index (Phi) is 4.17. The number of ketones is 2. The first-order valence-electron chi connectivity index (χ1n) is 10.5. The van der Waals surface area contributed by atoms with Crippen molar-refractivity contribution in [1.82, 2.24) is 9.88 Å². The molecule has 32 heavy (non-hydrogen) atoms. The van der Waals surface area contributed by atoms with Gasteiger partial charge in [-0.2, -0.15) is 0 Å². The second-order valence-electron chi connectivity index (χ2n) is 8.35. The minimum atomic E-state index is -0.248. The van der Waals surface area contributed by atoms with Gasteiger partial charge in [0.1, 0.15) is 0 Å². The third-order valence-electron chi connectivity index (χ3n) is 6.46. The van der Waals surface area contributed by atoms with E-state index in [2.05, 4.69) is 33.3 Å². The van der Waals surface area contributed by atoms with E-state index in [4.69, 9.17) is 4.98 Å². The molecule has 4 heterocycles. The van der Waals surface area contributed by atoms with Gasteiger partial charge < -0.3 is 0 Å². The predicted octanol–water partition coefficient (Wildman–Crippen LogP) is 4.04.